The number of ether oxygens (including phenoxy) is 3. The van der Waals surface area contributed by atoms with E-state index in [-0.39, 0.29) is 6.61 Å². The smallest absolute Gasteiger partial charge is 0.257 e. The van der Waals surface area contributed by atoms with Crippen molar-refractivity contribution in [3.63, 3.8) is 0 Å². The molecule has 0 saturated carbocycles. The maximum Gasteiger partial charge on any atom is 0.257 e. The van der Waals surface area contributed by atoms with E-state index in [0.717, 1.165) is 36.8 Å². The Morgan fingerprint density at radius 1 is 1.23 bits per heavy atom. The molecule has 0 unspecified atom stereocenters. The number of nitrogens with zero attached hydrogens (tertiary/aromatic N) is 3. The van der Waals surface area contributed by atoms with Crippen LogP contribution >= 0.6 is 0 Å². The first-order valence-corrected chi connectivity index (χ1v) is 9.83. The van der Waals surface area contributed by atoms with Crippen LogP contribution in [0.2, 0.25) is 0 Å². The first-order chi connectivity index (χ1) is 14.6. The van der Waals surface area contributed by atoms with Gasteiger partial charge >= 0.3 is 0 Å². The quantitative estimate of drug-likeness (QED) is 0.406. The van der Waals surface area contributed by atoms with Crippen molar-refractivity contribution in [1.29, 1.82) is 0 Å². The van der Waals surface area contributed by atoms with Gasteiger partial charge in [0.25, 0.3) is 6.43 Å². The highest BCUT2D eigenvalue weighted by atomic mass is 19.3. The molecule has 162 valence electrons. The van der Waals surface area contributed by atoms with E-state index in [1.54, 1.807) is 13.2 Å². The molecule has 2 heterocycles. The second-order valence-electron chi connectivity index (χ2n) is 6.89. The van der Waals surface area contributed by atoms with Gasteiger partial charge in [0.1, 0.15) is 25.5 Å². The van der Waals surface area contributed by atoms with E-state index in [4.69, 9.17) is 14.2 Å². The monoisotopic (exact) mass is 421 g/mol. The summed E-state index contributed by atoms with van der Waals surface area (Å²) in [6.07, 6.45) is 4.76. The summed E-state index contributed by atoms with van der Waals surface area (Å²) in [5.41, 5.74) is 3.04. The molecule has 30 heavy (non-hydrogen) atoms. The summed E-state index contributed by atoms with van der Waals surface area (Å²) in [6, 6.07) is 3.28. The third kappa shape index (κ3) is 5.63. The summed E-state index contributed by atoms with van der Waals surface area (Å²) in [5, 5.41) is 4.03. The summed E-state index contributed by atoms with van der Waals surface area (Å²) in [7, 11) is 1.57. The summed E-state index contributed by atoms with van der Waals surface area (Å²) in [4.78, 5) is 15.6. The molecule has 3 rings (SSSR count). The highest BCUT2D eigenvalue weighted by Crippen LogP contribution is 2.33. The summed E-state index contributed by atoms with van der Waals surface area (Å²) >= 11 is 0. The van der Waals surface area contributed by atoms with Crippen molar-refractivity contribution >= 4 is 11.9 Å². The molecule has 2 aromatic heterocycles. The summed E-state index contributed by atoms with van der Waals surface area (Å²) in [5.74, 6) is 0.664. The Morgan fingerprint density at radius 3 is 2.83 bits per heavy atom. The van der Waals surface area contributed by atoms with Crippen molar-refractivity contribution in [1.82, 2.24) is 14.8 Å². The van der Waals surface area contributed by atoms with E-state index in [1.165, 1.54) is 23.1 Å². The third-order valence-corrected chi connectivity index (χ3v) is 4.86. The molecule has 1 aliphatic carbocycles. The topological polar surface area (TPSA) is 75.5 Å². The maximum absolute atomic E-state index is 12.9. The van der Waals surface area contributed by atoms with Crippen LogP contribution in [0.5, 0.6) is 11.6 Å². The van der Waals surface area contributed by atoms with Gasteiger partial charge in [-0.05, 0) is 42.9 Å². The minimum Gasteiger partial charge on any atom is -0.487 e. The molecule has 0 fully saturated rings. The predicted octanol–water partition coefficient (Wildman–Crippen LogP) is 3.79. The molecule has 0 amide bonds. The lowest BCUT2D eigenvalue weighted by molar-refractivity contribution is 0.111. The molecule has 0 aliphatic heterocycles. The highest BCUT2D eigenvalue weighted by molar-refractivity contribution is 5.79. The van der Waals surface area contributed by atoms with Gasteiger partial charge in [0.05, 0.1) is 24.1 Å². The average molecular weight is 421 g/mol. The Morgan fingerprint density at radius 2 is 2.07 bits per heavy atom. The number of halogens is 2. The average Bonchev–Trinajstić information content (AvgIpc) is 3.20. The van der Waals surface area contributed by atoms with Gasteiger partial charge in [0, 0.05) is 19.4 Å². The zero-order valence-electron chi connectivity index (χ0n) is 16.9. The van der Waals surface area contributed by atoms with E-state index in [0.29, 0.717) is 42.4 Å². The van der Waals surface area contributed by atoms with Crippen LogP contribution in [0.3, 0.4) is 0 Å². The summed E-state index contributed by atoms with van der Waals surface area (Å²) in [6.45, 7) is 0.547. The van der Waals surface area contributed by atoms with E-state index in [9.17, 15) is 13.6 Å². The molecule has 0 N–H and O–H groups in total. The Labute approximate surface area is 173 Å². The van der Waals surface area contributed by atoms with Crippen molar-refractivity contribution in [3.05, 3.63) is 41.4 Å². The second-order valence-corrected chi connectivity index (χ2v) is 6.89. The molecular weight excluding hydrogens is 396 g/mol. The van der Waals surface area contributed by atoms with Gasteiger partial charge in [0.15, 0.2) is 6.29 Å². The first kappa shape index (κ1) is 21.9. The van der Waals surface area contributed by atoms with E-state index < -0.39 is 13.0 Å². The third-order valence-electron chi connectivity index (χ3n) is 4.86. The molecule has 9 heteroatoms. The zero-order chi connectivity index (χ0) is 21.3. The number of aromatic nitrogens is 3. The fourth-order valence-electron chi connectivity index (χ4n) is 3.43. The number of rotatable bonds is 11. The van der Waals surface area contributed by atoms with Gasteiger partial charge in [-0.1, -0.05) is 0 Å². The standard InChI is InChI=1S/C21H25F2N3O4/c1-28-8-9-29-21-10-16(13-27)19(11-24-21)30-14-15-4-2-3-5-17(15)18-6-7-25-26(18)12-20(22)23/h6-7,10-11,13,20H,2-5,8-9,12,14H2,1H3. The Balaban J connectivity index is 1.76. The van der Waals surface area contributed by atoms with Gasteiger partial charge in [0.2, 0.25) is 5.88 Å². The van der Waals surface area contributed by atoms with E-state index >= 15 is 0 Å². The van der Waals surface area contributed by atoms with E-state index in [1.807, 2.05) is 0 Å². The number of hydrogen-bond donors (Lipinski definition) is 0. The molecular formula is C21H25F2N3O4. The van der Waals surface area contributed by atoms with Crippen LogP contribution in [0.15, 0.2) is 30.1 Å². The number of hydrogen-bond acceptors (Lipinski definition) is 6. The van der Waals surface area contributed by atoms with Gasteiger partial charge in [-0.15, -0.1) is 0 Å². The van der Waals surface area contributed by atoms with Crippen molar-refractivity contribution in [3.8, 4) is 11.6 Å². The van der Waals surface area contributed by atoms with Crippen molar-refractivity contribution in [2.24, 2.45) is 0 Å². The number of pyridine rings is 1. The molecule has 7 nitrogen and oxygen atoms in total. The van der Waals surface area contributed by atoms with Crippen molar-refractivity contribution in [2.45, 2.75) is 38.7 Å². The zero-order valence-corrected chi connectivity index (χ0v) is 16.9. The van der Waals surface area contributed by atoms with Crippen molar-refractivity contribution in [2.75, 3.05) is 26.9 Å². The molecule has 0 saturated heterocycles. The van der Waals surface area contributed by atoms with Crippen LogP contribution in [0.25, 0.3) is 5.57 Å². The molecule has 0 aromatic carbocycles. The normalized spacial score (nSPS) is 14.3. The number of allylic oxidation sites excluding steroid dienone is 1. The lowest BCUT2D eigenvalue weighted by Crippen LogP contribution is -2.15. The van der Waals surface area contributed by atoms with Crippen LogP contribution in [0, 0.1) is 0 Å². The molecule has 0 spiro atoms. The number of aldehydes is 1. The number of carbonyl (C=O) groups excluding carboxylic acids is 1. The lowest BCUT2D eigenvalue weighted by Gasteiger charge is -2.22. The van der Waals surface area contributed by atoms with Crippen LogP contribution in [0.4, 0.5) is 8.78 Å². The first-order valence-electron chi connectivity index (χ1n) is 9.83. The van der Waals surface area contributed by atoms with Gasteiger partial charge in [-0.3, -0.25) is 9.48 Å². The van der Waals surface area contributed by atoms with Crippen LogP contribution in [-0.4, -0.2) is 54.4 Å². The lowest BCUT2D eigenvalue weighted by atomic mass is 9.90. The minimum absolute atomic E-state index is 0.252. The van der Waals surface area contributed by atoms with Gasteiger partial charge in [-0.25, -0.2) is 13.8 Å². The van der Waals surface area contributed by atoms with Crippen LogP contribution < -0.4 is 9.47 Å². The Kier molecular flexibility index (Phi) is 7.89. The van der Waals surface area contributed by atoms with Gasteiger partial charge < -0.3 is 14.2 Å². The van der Waals surface area contributed by atoms with Crippen molar-refractivity contribution < 1.29 is 27.8 Å². The SMILES string of the molecule is COCCOc1cc(C=O)c(OCC2=C(c3ccnn3CC(F)F)CCCC2)cn1. The largest absolute Gasteiger partial charge is 0.487 e. The highest BCUT2D eigenvalue weighted by Gasteiger charge is 2.20. The Hall–Kier alpha value is -2.81. The predicted molar refractivity (Wildman–Crippen MR) is 106 cm³/mol. The van der Waals surface area contributed by atoms with Crippen LogP contribution in [0.1, 0.15) is 41.7 Å². The molecule has 2 aromatic rings. The van der Waals surface area contributed by atoms with Gasteiger partial charge in [-0.2, -0.15) is 5.10 Å². The molecule has 0 bridgehead atoms. The van der Waals surface area contributed by atoms with E-state index in [2.05, 4.69) is 10.1 Å². The maximum atomic E-state index is 12.9. The molecule has 1 aliphatic rings. The fraction of sp³-hybridized carbons (Fsp3) is 0.476. The minimum atomic E-state index is -2.47. The number of methoxy groups -OCH3 is 1. The molecule has 0 radical (unpaired) electrons. The molecule has 0 atom stereocenters. The number of alkyl halides is 2. The number of carbonyl (C=O) groups is 1. The second kappa shape index (κ2) is 10.8. The summed E-state index contributed by atoms with van der Waals surface area (Å²) < 4.78 is 43.3. The fourth-order valence-corrected chi connectivity index (χ4v) is 3.43. The van der Waals surface area contributed by atoms with Crippen LogP contribution in [-0.2, 0) is 11.3 Å². The Bertz CT molecular complexity index is 883.